The molecule has 5 nitrogen and oxygen atoms in total. The molecule has 25 heavy (non-hydrogen) atoms. The van der Waals surface area contributed by atoms with Gasteiger partial charge in [0.25, 0.3) is 5.91 Å². The first-order valence-corrected chi connectivity index (χ1v) is 8.78. The number of benzene rings is 1. The summed E-state index contributed by atoms with van der Waals surface area (Å²) >= 11 is 0. The van der Waals surface area contributed by atoms with E-state index in [1.165, 1.54) is 25.0 Å². The van der Waals surface area contributed by atoms with Crippen LogP contribution < -0.4 is 4.90 Å². The van der Waals surface area contributed by atoms with Crippen molar-refractivity contribution in [2.75, 3.05) is 24.5 Å². The first kappa shape index (κ1) is 16.0. The molecule has 1 amide bonds. The molecule has 1 saturated heterocycles. The summed E-state index contributed by atoms with van der Waals surface area (Å²) < 4.78 is 13.1. The van der Waals surface area contributed by atoms with Crippen LogP contribution in [0.4, 0.5) is 10.2 Å². The maximum absolute atomic E-state index is 13.1. The Morgan fingerprint density at radius 1 is 1.08 bits per heavy atom. The van der Waals surface area contributed by atoms with Gasteiger partial charge < -0.3 is 9.80 Å². The number of carbonyl (C=O) groups excluding carboxylic acids is 1. The van der Waals surface area contributed by atoms with E-state index in [2.05, 4.69) is 14.9 Å². The van der Waals surface area contributed by atoms with E-state index in [0.29, 0.717) is 18.7 Å². The van der Waals surface area contributed by atoms with E-state index >= 15 is 0 Å². The number of rotatable bonds is 2. The SMILES string of the molecule is Cc1nc2c(c(N3CCCC3)n1)CN(C(=O)c1ccc(F)cc1)CC2. The molecule has 0 unspecified atom stereocenters. The van der Waals surface area contributed by atoms with Crippen LogP contribution in [0.15, 0.2) is 24.3 Å². The molecule has 0 spiro atoms. The number of aryl methyl sites for hydroxylation is 1. The molecule has 2 aliphatic heterocycles. The molecule has 0 bridgehead atoms. The first-order valence-electron chi connectivity index (χ1n) is 8.78. The highest BCUT2D eigenvalue weighted by atomic mass is 19.1. The molecule has 0 saturated carbocycles. The molecular weight excluding hydrogens is 319 g/mol. The van der Waals surface area contributed by atoms with E-state index in [0.717, 1.165) is 42.4 Å². The van der Waals surface area contributed by atoms with Crippen LogP contribution in [0.25, 0.3) is 0 Å². The number of amides is 1. The van der Waals surface area contributed by atoms with Crippen LogP contribution >= 0.6 is 0 Å². The Morgan fingerprint density at radius 2 is 1.80 bits per heavy atom. The highest BCUT2D eigenvalue weighted by Gasteiger charge is 2.28. The molecular formula is C19H21FN4O. The fourth-order valence-corrected chi connectivity index (χ4v) is 3.66. The lowest BCUT2D eigenvalue weighted by Gasteiger charge is -2.31. The van der Waals surface area contributed by atoms with Gasteiger partial charge in [0.2, 0.25) is 0 Å². The molecule has 4 rings (SSSR count). The highest BCUT2D eigenvalue weighted by molar-refractivity contribution is 5.94. The van der Waals surface area contributed by atoms with Crippen molar-refractivity contribution in [1.29, 1.82) is 0 Å². The van der Waals surface area contributed by atoms with Crippen molar-refractivity contribution in [2.24, 2.45) is 0 Å². The van der Waals surface area contributed by atoms with Gasteiger partial charge in [0, 0.05) is 37.2 Å². The molecule has 0 aliphatic carbocycles. The molecule has 1 aromatic heterocycles. The van der Waals surface area contributed by atoms with Crippen LogP contribution in [0.2, 0.25) is 0 Å². The molecule has 2 aromatic rings. The Bertz CT molecular complexity index is 800. The molecule has 0 atom stereocenters. The Hall–Kier alpha value is -2.50. The Morgan fingerprint density at radius 3 is 2.52 bits per heavy atom. The van der Waals surface area contributed by atoms with Crippen LogP contribution in [-0.4, -0.2) is 40.4 Å². The summed E-state index contributed by atoms with van der Waals surface area (Å²) in [5.74, 6) is 1.37. The van der Waals surface area contributed by atoms with Gasteiger partial charge in [-0.25, -0.2) is 14.4 Å². The minimum absolute atomic E-state index is 0.0707. The zero-order chi connectivity index (χ0) is 17.4. The number of hydrogen-bond acceptors (Lipinski definition) is 4. The second-order valence-corrected chi connectivity index (χ2v) is 6.70. The standard InChI is InChI=1S/C19H21FN4O/c1-13-21-17-8-11-24(19(25)14-4-6-15(20)7-5-14)12-16(17)18(22-13)23-9-2-3-10-23/h4-7H,2-3,8-12H2,1H3. The van der Waals surface area contributed by atoms with Crippen molar-refractivity contribution in [3.8, 4) is 0 Å². The van der Waals surface area contributed by atoms with Crippen LogP contribution in [0, 0.1) is 12.7 Å². The average Bonchev–Trinajstić information content (AvgIpc) is 3.15. The minimum Gasteiger partial charge on any atom is -0.356 e. The second-order valence-electron chi connectivity index (χ2n) is 6.70. The summed E-state index contributed by atoms with van der Waals surface area (Å²) in [6.07, 6.45) is 3.08. The summed E-state index contributed by atoms with van der Waals surface area (Å²) in [4.78, 5) is 26.2. The van der Waals surface area contributed by atoms with Crippen LogP contribution in [0.5, 0.6) is 0 Å². The maximum Gasteiger partial charge on any atom is 0.254 e. The van der Waals surface area contributed by atoms with Crippen molar-refractivity contribution in [2.45, 2.75) is 32.7 Å². The van der Waals surface area contributed by atoms with Gasteiger partial charge in [-0.1, -0.05) is 0 Å². The molecule has 3 heterocycles. The van der Waals surface area contributed by atoms with E-state index in [4.69, 9.17) is 0 Å². The third kappa shape index (κ3) is 3.08. The Kier molecular flexibility index (Phi) is 4.11. The van der Waals surface area contributed by atoms with E-state index in [1.54, 1.807) is 12.1 Å². The zero-order valence-corrected chi connectivity index (χ0v) is 14.3. The monoisotopic (exact) mass is 340 g/mol. The van der Waals surface area contributed by atoms with E-state index < -0.39 is 0 Å². The molecule has 2 aliphatic rings. The molecule has 1 aromatic carbocycles. The molecule has 6 heteroatoms. The number of aromatic nitrogens is 2. The molecule has 130 valence electrons. The molecule has 1 fully saturated rings. The van der Waals surface area contributed by atoms with E-state index in [1.807, 2.05) is 11.8 Å². The van der Waals surface area contributed by atoms with Gasteiger partial charge in [-0.3, -0.25) is 4.79 Å². The number of halogens is 1. The largest absolute Gasteiger partial charge is 0.356 e. The van der Waals surface area contributed by atoms with Gasteiger partial charge in [-0.15, -0.1) is 0 Å². The first-order chi connectivity index (χ1) is 12.1. The number of carbonyl (C=O) groups is 1. The van der Waals surface area contributed by atoms with Gasteiger partial charge in [-0.05, 0) is 44.0 Å². The predicted octanol–water partition coefficient (Wildman–Crippen LogP) is 2.72. The third-order valence-corrected chi connectivity index (χ3v) is 4.93. The van der Waals surface area contributed by atoms with Gasteiger partial charge in [0.15, 0.2) is 0 Å². The normalized spacial score (nSPS) is 16.9. The fraction of sp³-hybridized carbons (Fsp3) is 0.421. The van der Waals surface area contributed by atoms with Crippen molar-refractivity contribution in [1.82, 2.24) is 14.9 Å². The lowest BCUT2D eigenvalue weighted by atomic mass is 10.0. The fourth-order valence-electron chi connectivity index (χ4n) is 3.66. The smallest absolute Gasteiger partial charge is 0.254 e. The van der Waals surface area contributed by atoms with E-state index in [9.17, 15) is 9.18 Å². The van der Waals surface area contributed by atoms with Gasteiger partial charge in [0.05, 0.1) is 12.2 Å². The van der Waals surface area contributed by atoms with Crippen LogP contribution in [0.3, 0.4) is 0 Å². The lowest BCUT2D eigenvalue weighted by molar-refractivity contribution is 0.0733. The van der Waals surface area contributed by atoms with Gasteiger partial charge in [-0.2, -0.15) is 0 Å². The zero-order valence-electron chi connectivity index (χ0n) is 14.3. The van der Waals surface area contributed by atoms with Gasteiger partial charge in [0.1, 0.15) is 17.5 Å². The predicted molar refractivity (Wildman–Crippen MR) is 93.1 cm³/mol. The summed E-state index contributed by atoms with van der Waals surface area (Å²) in [7, 11) is 0. The Balaban J connectivity index is 1.63. The lowest BCUT2D eigenvalue weighted by Crippen LogP contribution is -2.38. The number of hydrogen-bond donors (Lipinski definition) is 0. The minimum atomic E-state index is -0.333. The molecule has 0 N–H and O–H groups in total. The highest BCUT2D eigenvalue weighted by Crippen LogP contribution is 2.29. The quantitative estimate of drug-likeness (QED) is 0.843. The Labute approximate surface area is 146 Å². The maximum atomic E-state index is 13.1. The van der Waals surface area contributed by atoms with Crippen molar-refractivity contribution < 1.29 is 9.18 Å². The topological polar surface area (TPSA) is 49.3 Å². The second kappa shape index (κ2) is 6.43. The summed E-state index contributed by atoms with van der Waals surface area (Å²) in [5, 5.41) is 0. The number of anilines is 1. The van der Waals surface area contributed by atoms with Crippen LogP contribution in [0.1, 0.15) is 40.3 Å². The third-order valence-electron chi connectivity index (χ3n) is 4.93. The summed E-state index contributed by atoms with van der Waals surface area (Å²) in [5.41, 5.74) is 2.63. The van der Waals surface area contributed by atoms with E-state index in [-0.39, 0.29) is 11.7 Å². The van der Waals surface area contributed by atoms with Crippen LogP contribution in [-0.2, 0) is 13.0 Å². The number of nitrogens with zero attached hydrogens (tertiary/aromatic N) is 4. The van der Waals surface area contributed by atoms with Crippen molar-refractivity contribution in [3.05, 3.63) is 52.7 Å². The molecule has 0 radical (unpaired) electrons. The average molecular weight is 340 g/mol. The number of fused-ring (bicyclic) bond motifs is 1. The van der Waals surface area contributed by atoms with Crippen molar-refractivity contribution in [3.63, 3.8) is 0 Å². The van der Waals surface area contributed by atoms with Gasteiger partial charge >= 0.3 is 0 Å². The summed E-state index contributed by atoms with van der Waals surface area (Å²) in [6.45, 7) is 5.08. The van der Waals surface area contributed by atoms with Crippen molar-refractivity contribution >= 4 is 11.7 Å². The summed E-state index contributed by atoms with van der Waals surface area (Å²) in [6, 6.07) is 5.74.